The van der Waals surface area contributed by atoms with Crippen LogP contribution in [-0.4, -0.2) is 16.5 Å². The van der Waals surface area contributed by atoms with Gasteiger partial charge in [0.2, 0.25) is 5.95 Å². The molecule has 4 aromatic rings. The zero-order valence-corrected chi connectivity index (χ0v) is 16.6. The van der Waals surface area contributed by atoms with Crippen molar-refractivity contribution in [3.8, 4) is 0 Å². The van der Waals surface area contributed by atoms with Gasteiger partial charge in [0.05, 0.1) is 15.6 Å². The highest BCUT2D eigenvalue weighted by atomic mass is 35.5. The molecule has 27 heavy (non-hydrogen) atoms. The number of benzene rings is 2. The monoisotopic (exact) mass is 414 g/mol. The van der Waals surface area contributed by atoms with Crippen LogP contribution >= 0.6 is 34.5 Å². The molecule has 2 aromatic heterocycles. The Morgan fingerprint density at radius 2 is 1.81 bits per heavy atom. The molecule has 0 aliphatic heterocycles. The van der Waals surface area contributed by atoms with Gasteiger partial charge in [-0.3, -0.25) is 0 Å². The SMILES string of the molecule is Clc1ccc(Nc2nc(NCCc3cccs3)c3ccccc3n2)cc1Cl. The van der Waals surface area contributed by atoms with Gasteiger partial charge >= 0.3 is 0 Å². The van der Waals surface area contributed by atoms with E-state index in [0.29, 0.717) is 16.0 Å². The number of hydrogen-bond donors (Lipinski definition) is 2. The van der Waals surface area contributed by atoms with Crippen LogP contribution in [0, 0.1) is 0 Å². The number of anilines is 3. The Labute approximate surface area is 171 Å². The summed E-state index contributed by atoms with van der Waals surface area (Å²) in [7, 11) is 0. The molecule has 0 saturated heterocycles. The minimum atomic E-state index is 0.483. The van der Waals surface area contributed by atoms with Crippen LogP contribution in [0.1, 0.15) is 4.88 Å². The highest BCUT2D eigenvalue weighted by molar-refractivity contribution is 7.09. The van der Waals surface area contributed by atoms with Gasteiger partial charge in [-0.25, -0.2) is 4.98 Å². The molecule has 0 spiro atoms. The van der Waals surface area contributed by atoms with E-state index in [1.165, 1.54) is 4.88 Å². The molecule has 2 N–H and O–H groups in total. The quantitative estimate of drug-likeness (QED) is 0.383. The van der Waals surface area contributed by atoms with Crippen molar-refractivity contribution in [2.75, 3.05) is 17.2 Å². The fourth-order valence-corrected chi connectivity index (χ4v) is 3.74. The van der Waals surface area contributed by atoms with Crippen molar-refractivity contribution in [3.05, 3.63) is 74.9 Å². The molecule has 0 bridgehead atoms. The number of thiophene rings is 1. The van der Waals surface area contributed by atoms with Crippen LogP contribution in [0.3, 0.4) is 0 Å². The first kappa shape index (κ1) is 18.0. The smallest absolute Gasteiger partial charge is 0.229 e. The van der Waals surface area contributed by atoms with Crippen LogP contribution in [0.2, 0.25) is 10.0 Å². The summed E-state index contributed by atoms with van der Waals surface area (Å²) in [6.45, 7) is 0.799. The van der Waals surface area contributed by atoms with Crippen molar-refractivity contribution in [1.29, 1.82) is 0 Å². The third kappa shape index (κ3) is 4.33. The second kappa shape index (κ2) is 8.13. The van der Waals surface area contributed by atoms with Gasteiger partial charge in [0, 0.05) is 22.5 Å². The Kier molecular flexibility index (Phi) is 5.43. The molecule has 0 radical (unpaired) electrons. The molecule has 7 heteroatoms. The summed E-state index contributed by atoms with van der Waals surface area (Å²) in [5.74, 6) is 1.31. The second-order valence-corrected chi connectivity index (χ2v) is 7.77. The summed E-state index contributed by atoms with van der Waals surface area (Å²) in [4.78, 5) is 10.6. The maximum atomic E-state index is 6.10. The van der Waals surface area contributed by atoms with Crippen molar-refractivity contribution in [2.24, 2.45) is 0 Å². The molecular formula is C20H16Cl2N4S. The van der Waals surface area contributed by atoms with Crippen molar-refractivity contribution in [1.82, 2.24) is 9.97 Å². The van der Waals surface area contributed by atoms with Gasteiger partial charge in [-0.1, -0.05) is 41.4 Å². The molecular weight excluding hydrogens is 399 g/mol. The van der Waals surface area contributed by atoms with Gasteiger partial charge in [0.15, 0.2) is 0 Å². The molecule has 0 amide bonds. The molecule has 136 valence electrons. The third-order valence-corrected chi connectivity index (χ3v) is 5.70. The minimum Gasteiger partial charge on any atom is -0.369 e. The standard InChI is InChI=1S/C20H16Cl2N4S/c21-16-8-7-13(12-17(16)22)24-20-25-18-6-2-1-5-15(18)19(26-20)23-10-9-14-4-3-11-27-14/h1-8,11-12H,9-10H2,(H2,23,24,25,26). The molecule has 0 atom stereocenters. The Morgan fingerprint density at radius 1 is 0.926 bits per heavy atom. The van der Waals surface area contributed by atoms with E-state index in [2.05, 4.69) is 38.1 Å². The van der Waals surface area contributed by atoms with E-state index in [4.69, 9.17) is 23.2 Å². The lowest BCUT2D eigenvalue weighted by molar-refractivity contribution is 1.03. The number of nitrogens with zero attached hydrogens (tertiary/aromatic N) is 2. The highest BCUT2D eigenvalue weighted by Gasteiger charge is 2.09. The average Bonchev–Trinajstić information content (AvgIpc) is 3.18. The maximum Gasteiger partial charge on any atom is 0.229 e. The van der Waals surface area contributed by atoms with E-state index in [1.807, 2.05) is 30.3 Å². The van der Waals surface area contributed by atoms with Gasteiger partial charge in [0.1, 0.15) is 5.82 Å². The van der Waals surface area contributed by atoms with Crippen molar-refractivity contribution >= 4 is 62.9 Å². The van der Waals surface area contributed by atoms with Gasteiger partial charge in [-0.05, 0) is 48.2 Å². The first-order chi connectivity index (χ1) is 13.2. The molecule has 0 fully saturated rings. The number of aromatic nitrogens is 2. The predicted molar refractivity (Wildman–Crippen MR) is 116 cm³/mol. The van der Waals surface area contributed by atoms with E-state index in [0.717, 1.165) is 35.4 Å². The normalized spacial score (nSPS) is 10.9. The maximum absolute atomic E-state index is 6.10. The number of halogens is 2. The summed E-state index contributed by atoms with van der Waals surface area (Å²) < 4.78 is 0. The number of rotatable bonds is 6. The van der Waals surface area contributed by atoms with Gasteiger partial charge in [-0.15, -0.1) is 11.3 Å². The van der Waals surface area contributed by atoms with Crippen LogP contribution in [0.5, 0.6) is 0 Å². The first-order valence-electron chi connectivity index (χ1n) is 8.44. The summed E-state index contributed by atoms with van der Waals surface area (Å²) in [6.07, 6.45) is 0.950. The number of fused-ring (bicyclic) bond motifs is 1. The van der Waals surface area contributed by atoms with E-state index < -0.39 is 0 Å². The van der Waals surface area contributed by atoms with E-state index in [-0.39, 0.29) is 0 Å². The van der Waals surface area contributed by atoms with Crippen LogP contribution in [0.15, 0.2) is 60.0 Å². The molecule has 0 saturated carbocycles. The summed E-state index contributed by atoms with van der Waals surface area (Å²) >= 11 is 13.8. The topological polar surface area (TPSA) is 49.8 Å². The fraction of sp³-hybridized carbons (Fsp3) is 0.100. The van der Waals surface area contributed by atoms with Crippen LogP contribution in [0.25, 0.3) is 10.9 Å². The van der Waals surface area contributed by atoms with Crippen LogP contribution in [-0.2, 0) is 6.42 Å². The average molecular weight is 415 g/mol. The lowest BCUT2D eigenvalue weighted by Crippen LogP contribution is -2.08. The Morgan fingerprint density at radius 3 is 2.63 bits per heavy atom. The largest absolute Gasteiger partial charge is 0.369 e. The van der Waals surface area contributed by atoms with Crippen LogP contribution < -0.4 is 10.6 Å². The Hall–Kier alpha value is -2.34. The van der Waals surface area contributed by atoms with E-state index in [9.17, 15) is 0 Å². The van der Waals surface area contributed by atoms with Crippen LogP contribution in [0.4, 0.5) is 17.5 Å². The molecule has 4 nitrogen and oxygen atoms in total. The third-order valence-electron chi connectivity index (χ3n) is 4.02. The van der Waals surface area contributed by atoms with E-state index in [1.54, 1.807) is 23.5 Å². The molecule has 4 rings (SSSR count). The van der Waals surface area contributed by atoms with Gasteiger partial charge in [0.25, 0.3) is 0 Å². The summed E-state index contributed by atoms with van der Waals surface area (Å²) in [5.41, 5.74) is 1.65. The summed E-state index contributed by atoms with van der Waals surface area (Å²) in [5, 5.41) is 10.7. The Balaban J connectivity index is 1.60. The lowest BCUT2D eigenvalue weighted by atomic mass is 10.2. The van der Waals surface area contributed by atoms with E-state index >= 15 is 0 Å². The lowest BCUT2D eigenvalue weighted by Gasteiger charge is -2.12. The summed E-state index contributed by atoms with van der Waals surface area (Å²) in [6, 6.07) is 17.5. The second-order valence-electron chi connectivity index (χ2n) is 5.92. The highest BCUT2D eigenvalue weighted by Crippen LogP contribution is 2.28. The number of para-hydroxylation sites is 1. The van der Waals surface area contributed by atoms with Gasteiger partial charge in [-0.2, -0.15) is 4.98 Å². The van der Waals surface area contributed by atoms with Crippen molar-refractivity contribution in [2.45, 2.75) is 6.42 Å². The van der Waals surface area contributed by atoms with Crippen molar-refractivity contribution < 1.29 is 0 Å². The van der Waals surface area contributed by atoms with Gasteiger partial charge < -0.3 is 10.6 Å². The predicted octanol–water partition coefficient (Wildman–Crippen LogP) is 6.40. The van der Waals surface area contributed by atoms with Crippen molar-refractivity contribution in [3.63, 3.8) is 0 Å². The fourth-order valence-electron chi connectivity index (χ4n) is 2.73. The zero-order chi connectivity index (χ0) is 18.6. The number of nitrogens with one attached hydrogen (secondary N) is 2. The zero-order valence-electron chi connectivity index (χ0n) is 14.2. The molecule has 0 aliphatic carbocycles. The Bertz CT molecular complexity index is 1070. The molecule has 2 heterocycles. The molecule has 2 aromatic carbocycles. The number of hydrogen-bond acceptors (Lipinski definition) is 5. The first-order valence-corrected chi connectivity index (χ1v) is 10.1. The molecule has 0 aliphatic rings. The molecule has 0 unspecified atom stereocenters. The minimum absolute atomic E-state index is 0.483.